The van der Waals surface area contributed by atoms with Gasteiger partial charge in [-0.15, -0.1) is 0 Å². The second-order valence-electron chi connectivity index (χ2n) is 4.15. The Hall–Kier alpha value is -1.36. The summed E-state index contributed by atoms with van der Waals surface area (Å²) in [5.74, 6) is -1.25. The summed E-state index contributed by atoms with van der Waals surface area (Å²) >= 11 is 0. The third kappa shape index (κ3) is 2.56. The number of carbonyl (C=O) groups excluding carboxylic acids is 1. The maximum atomic E-state index is 11.3. The molecular formula is C9H14N2O3. The number of nitrogens with two attached hydrogens (primary N) is 1. The van der Waals surface area contributed by atoms with Crippen molar-refractivity contribution in [2.75, 3.05) is 6.54 Å². The van der Waals surface area contributed by atoms with Crippen LogP contribution in [0.25, 0.3) is 0 Å². The van der Waals surface area contributed by atoms with E-state index in [1.165, 1.54) is 11.1 Å². The molecule has 0 spiro atoms. The Morgan fingerprint density at radius 1 is 1.71 bits per heavy atom. The fourth-order valence-corrected chi connectivity index (χ4v) is 1.27. The molecule has 0 atom stereocenters. The van der Waals surface area contributed by atoms with Gasteiger partial charge in [-0.25, -0.2) is 4.79 Å². The molecule has 0 saturated heterocycles. The molecule has 5 nitrogen and oxygen atoms in total. The van der Waals surface area contributed by atoms with Crippen LogP contribution in [0.5, 0.6) is 0 Å². The van der Waals surface area contributed by atoms with Gasteiger partial charge in [0.25, 0.3) is 0 Å². The van der Waals surface area contributed by atoms with E-state index in [0.717, 1.165) is 0 Å². The lowest BCUT2D eigenvalue weighted by Gasteiger charge is -2.24. The monoisotopic (exact) mass is 198 g/mol. The normalized spacial score (nSPS) is 17.2. The fraction of sp³-hybridized carbons (Fsp3) is 0.556. The summed E-state index contributed by atoms with van der Waals surface area (Å²) in [6, 6.07) is 0. The van der Waals surface area contributed by atoms with Crippen molar-refractivity contribution in [2.24, 2.45) is 5.73 Å². The second-order valence-corrected chi connectivity index (χ2v) is 4.15. The predicted octanol–water partition coefficient (Wildman–Crippen LogP) is -0.0755. The van der Waals surface area contributed by atoms with Crippen molar-refractivity contribution in [2.45, 2.75) is 25.8 Å². The van der Waals surface area contributed by atoms with E-state index in [-0.39, 0.29) is 17.9 Å². The van der Waals surface area contributed by atoms with Crippen LogP contribution >= 0.6 is 0 Å². The molecule has 0 aromatic carbocycles. The standard InChI is InChI=1S/C9H14N2O3/c1-9(2,10)5-11-4-6(8(13)14)3-7(11)12/h4H,3,5,10H2,1-2H3,(H,13,14). The summed E-state index contributed by atoms with van der Waals surface area (Å²) in [6.07, 6.45) is 1.32. The summed E-state index contributed by atoms with van der Waals surface area (Å²) in [7, 11) is 0. The Kier molecular flexibility index (Phi) is 2.62. The van der Waals surface area contributed by atoms with Crippen LogP contribution in [-0.4, -0.2) is 34.0 Å². The minimum atomic E-state index is -1.05. The summed E-state index contributed by atoms with van der Waals surface area (Å²) in [4.78, 5) is 23.3. The molecule has 78 valence electrons. The van der Waals surface area contributed by atoms with Gasteiger partial charge in [0.1, 0.15) is 0 Å². The molecule has 0 aromatic heterocycles. The van der Waals surface area contributed by atoms with Gasteiger partial charge in [-0.3, -0.25) is 4.79 Å². The summed E-state index contributed by atoms with van der Waals surface area (Å²) in [6.45, 7) is 3.91. The molecular weight excluding hydrogens is 184 g/mol. The van der Waals surface area contributed by atoms with Crippen molar-refractivity contribution >= 4 is 11.9 Å². The van der Waals surface area contributed by atoms with Crippen LogP contribution in [0.2, 0.25) is 0 Å². The molecule has 0 radical (unpaired) electrons. The third-order valence-corrected chi connectivity index (χ3v) is 1.83. The van der Waals surface area contributed by atoms with Crippen LogP contribution in [-0.2, 0) is 9.59 Å². The topological polar surface area (TPSA) is 83.6 Å². The fourth-order valence-electron chi connectivity index (χ4n) is 1.27. The number of carboxylic acid groups (broad SMARTS) is 1. The van der Waals surface area contributed by atoms with Gasteiger partial charge in [0, 0.05) is 18.3 Å². The molecule has 5 heteroatoms. The Balaban J connectivity index is 2.72. The van der Waals surface area contributed by atoms with Gasteiger partial charge in [0.05, 0.1) is 12.0 Å². The lowest BCUT2D eigenvalue weighted by atomic mass is 10.1. The maximum absolute atomic E-state index is 11.3. The number of carbonyl (C=O) groups is 2. The first-order chi connectivity index (χ1) is 6.29. The van der Waals surface area contributed by atoms with Crippen LogP contribution in [0.15, 0.2) is 11.8 Å². The Morgan fingerprint density at radius 2 is 2.29 bits per heavy atom. The number of nitrogens with zero attached hydrogens (tertiary/aromatic N) is 1. The van der Waals surface area contributed by atoms with Crippen LogP contribution in [0.1, 0.15) is 20.3 Å². The summed E-state index contributed by atoms with van der Waals surface area (Å²) in [5, 5.41) is 8.67. The number of hydrogen-bond donors (Lipinski definition) is 2. The van der Waals surface area contributed by atoms with Gasteiger partial charge in [0.2, 0.25) is 5.91 Å². The highest BCUT2D eigenvalue weighted by atomic mass is 16.4. The molecule has 0 fully saturated rings. The molecule has 1 amide bonds. The second kappa shape index (κ2) is 3.42. The van der Waals surface area contributed by atoms with Gasteiger partial charge in [0.15, 0.2) is 0 Å². The zero-order valence-electron chi connectivity index (χ0n) is 8.28. The van der Waals surface area contributed by atoms with E-state index in [2.05, 4.69) is 0 Å². The first-order valence-electron chi connectivity index (χ1n) is 4.32. The Morgan fingerprint density at radius 3 is 2.64 bits per heavy atom. The molecule has 14 heavy (non-hydrogen) atoms. The largest absolute Gasteiger partial charge is 0.478 e. The van der Waals surface area contributed by atoms with Crippen molar-refractivity contribution in [3.05, 3.63) is 11.8 Å². The average molecular weight is 198 g/mol. The minimum Gasteiger partial charge on any atom is -0.478 e. The van der Waals surface area contributed by atoms with E-state index in [0.29, 0.717) is 6.54 Å². The van der Waals surface area contributed by atoms with Crippen molar-refractivity contribution < 1.29 is 14.7 Å². The maximum Gasteiger partial charge on any atom is 0.333 e. The lowest BCUT2D eigenvalue weighted by Crippen LogP contribution is -2.44. The number of hydrogen-bond acceptors (Lipinski definition) is 3. The van der Waals surface area contributed by atoms with Crippen LogP contribution < -0.4 is 5.73 Å². The van der Waals surface area contributed by atoms with Gasteiger partial charge in [-0.05, 0) is 13.8 Å². The van der Waals surface area contributed by atoms with E-state index in [1.54, 1.807) is 13.8 Å². The first kappa shape index (κ1) is 10.7. The molecule has 1 rings (SSSR count). The summed E-state index contributed by atoms with van der Waals surface area (Å²) in [5.41, 5.74) is 5.34. The van der Waals surface area contributed by atoms with E-state index >= 15 is 0 Å². The first-order valence-corrected chi connectivity index (χ1v) is 4.32. The quantitative estimate of drug-likeness (QED) is 0.664. The van der Waals surface area contributed by atoms with Crippen molar-refractivity contribution in [3.63, 3.8) is 0 Å². The molecule has 0 aromatic rings. The molecule has 1 aliphatic rings. The molecule has 1 aliphatic heterocycles. The van der Waals surface area contributed by atoms with E-state index in [9.17, 15) is 9.59 Å². The summed E-state index contributed by atoms with van der Waals surface area (Å²) < 4.78 is 0. The number of carboxylic acids is 1. The Labute approximate surface area is 82.2 Å². The van der Waals surface area contributed by atoms with Crippen molar-refractivity contribution in [1.82, 2.24) is 4.90 Å². The zero-order chi connectivity index (χ0) is 10.9. The molecule has 0 saturated carbocycles. The zero-order valence-corrected chi connectivity index (χ0v) is 8.28. The number of rotatable bonds is 3. The minimum absolute atomic E-state index is 0.0363. The van der Waals surface area contributed by atoms with E-state index < -0.39 is 11.5 Å². The molecule has 0 bridgehead atoms. The molecule has 0 unspecified atom stereocenters. The van der Waals surface area contributed by atoms with Gasteiger partial charge < -0.3 is 15.7 Å². The lowest BCUT2D eigenvalue weighted by molar-refractivity contribution is -0.134. The highest BCUT2D eigenvalue weighted by Crippen LogP contribution is 2.17. The van der Waals surface area contributed by atoms with E-state index in [1.807, 2.05) is 0 Å². The van der Waals surface area contributed by atoms with Gasteiger partial charge >= 0.3 is 5.97 Å². The number of amides is 1. The van der Waals surface area contributed by atoms with Crippen LogP contribution in [0.4, 0.5) is 0 Å². The predicted molar refractivity (Wildman–Crippen MR) is 50.3 cm³/mol. The van der Waals surface area contributed by atoms with Crippen molar-refractivity contribution in [1.29, 1.82) is 0 Å². The molecule has 1 heterocycles. The highest BCUT2D eigenvalue weighted by Gasteiger charge is 2.28. The van der Waals surface area contributed by atoms with Crippen molar-refractivity contribution in [3.8, 4) is 0 Å². The average Bonchev–Trinajstić information content (AvgIpc) is 2.29. The van der Waals surface area contributed by atoms with E-state index in [4.69, 9.17) is 10.8 Å². The van der Waals surface area contributed by atoms with Gasteiger partial charge in [-0.1, -0.05) is 0 Å². The third-order valence-electron chi connectivity index (χ3n) is 1.83. The van der Waals surface area contributed by atoms with Crippen LogP contribution in [0, 0.1) is 0 Å². The Bertz CT molecular complexity index is 302. The SMILES string of the molecule is CC(C)(N)CN1C=C(C(=O)O)CC1=O. The smallest absolute Gasteiger partial charge is 0.333 e. The molecule has 0 aliphatic carbocycles. The number of aliphatic carboxylic acids is 1. The highest BCUT2D eigenvalue weighted by molar-refractivity contribution is 5.97. The van der Waals surface area contributed by atoms with Gasteiger partial charge in [-0.2, -0.15) is 0 Å². The van der Waals surface area contributed by atoms with Crippen LogP contribution in [0.3, 0.4) is 0 Å². The molecule has 3 N–H and O–H groups in total.